The van der Waals surface area contributed by atoms with E-state index in [1.54, 1.807) is 0 Å². The molecule has 0 aromatic rings. The molecule has 0 aromatic carbocycles. The van der Waals surface area contributed by atoms with Crippen LogP contribution in [0.4, 0.5) is 0 Å². The van der Waals surface area contributed by atoms with Crippen LogP contribution in [0.15, 0.2) is 0 Å². The Balaban J connectivity index is 0. The third-order valence-corrected chi connectivity index (χ3v) is 0.516. The lowest BCUT2D eigenvalue weighted by Crippen LogP contribution is -2.17. The van der Waals surface area contributed by atoms with Crippen LogP contribution in [0.1, 0.15) is 20.8 Å². The smallest absolute Gasteiger partial charge is 0.0727 e. The van der Waals surface area contributed by atoms with Crippen molar-refractivity contribution in [3.05, 3.63) is 0 Å². The summed E-state index contributed by atoms with van der Waals surface area (Å²) in [5.74, 6) is 4.81. The van der Waals surface area contributed by atoms with Gasteiger partial charge in [0.2, 0.25) is 0 Å². The Hall–Kier alpha value is -0.120. The van der Waals surface area contributed by atoms with E-state index in [-0.39, 0.29) is 10.9 Å². The number of nitrogens with two attached hydrogens (primary N) is 1. The van der Waals surface area contributed by atoms with Gasteiger partial charge in [0.15, 0.2) is 0 Å². The number of hydrogen-bond donors (Lipinski definition) is 1. The van der Waals surface area contributed by atoms with Gasteiger partial charge in [-0.3, -0.25) is 0 Å². The van der Waals surface area contributed by atoms with Crippen molar-refractivity contribution >= 4 is 0 Å². The summed E-state index contributed by atoms with van der Waals surface area (Å²) in [4.78, 5) is 4.41. The van der Waals surface area contributed by atoms with Gasteiger partial charge in [-0.2, -0.15) is 0 Å². The van der Waals surface area contributed by atoms with Crippen molar-refractivity contribution in [1.82, 2.24) is 0 Å². The van der Waals surface area contributed by atoms with Gasteiger partial charge in [0.1, 0.15) is 0 Å². The Bertz CT molecular complexity index is 48.9. The van der Waals surface area contributed by atoms with Crippen molar-refractivity contribution < 1.29 is 10.3 Å². The lowest BCUT2D eigenvalue weighted by molar-refractivity contribution is 0.0721. The quantitative estimate of drug-likeness (QED) is 0.500. The highest BCUT2D eigenvalue weighted by Crippen LogP contribution is 2.10. The molecule has 0 bridgehead atoms. The minimum absolute atomic E-state index is 0. The first kappa shape index (κ1) is 10.8. The highest BCUT2D eigenvalue weighted by Gasteiger charge is 2.07. The summed E-state index contributed by atoms with van der Waals surface area (Å²) in [6, 6.07) is 0. The van der Waals surface area contributed by atoms with E-state index in [0.29, 0.717) is 6.61 Å². The van der Waals surface area contributed by atoms with E-state index in [4.69, 9.17) is 5.90 Å². The highest BCUT2D eigenvalue weighted by atomic mass is 16.6. The Morgan fingerprint density at radius 2 is 1.75 bits per heavy atom. The van der Waals surface area contributed by atoms with Gasteiger partial charge in [-0.25, -0.2) is 5.90 Å². The minimum atomic E-state index is 0. The molecule has 3 heteroatoms. The van der Waals surface area contributed by atoms with E-state index in [9.17, 15) is 0 Å². The summed E-state index contributed by atoms with van der Waals surface area (Å²) in [5, 5.41) is 0. The third kappa shape index (κ3) is 9.30. The maximum Gasteiger partial charge on any atom is 0.0727 e. The molecule has 0 radical (unpaired) electrons. The molecule has 0 spiro atoms. The normalized spacial score (nSPS) is 10.5. The van der Waals surface area contributed by atoms with Crippen LogP contribution in [0.3, 0.4) is 0 Å². The molecule has 3 nitrogen and oxygen atoms in total. The standard InChI is InChI=1S/C5H13NO.H2O/c1-5(2,3)4-7-6;/h4,6H2,1-3H3;1H2. The Labute approximate surface area is 50.1 Å². The summed E-state index contributed by atoms with van der Waals surface area (Å²) in [5.41, 5.74) is 0.203. The first-order valence-electron chi connectivity index (χ1n) is 2.38. The van der Waals surface area contributed by atoms with E-state index < -0.39 is 0 Å². The van der Waals surface area contributed by atoms with Gasteiger partial charge < -0.3 is 10.3 Å². The van der Waals surface area contributed by atoms with Crippen molar-refractivity contribution in [3.8, 4) is 0 Å². The first-order valence-corrected chi connectivity index (χ1v) is 2.38. The average molecular weight is 121 g/mol. The Morgan fingerprint density at radius 3 is 1.75 bits per heavy atom. The molecule has 0 aromatic heterocycles. The van der Waals surface area contributed by atoms with E-state index in [2.05, 4.69) is 25.6 Å². The van der Waals surface area contributed by atoms with Crippen LogP contribution in [-0.2, 0) is 4.84 Å². The molecule has 0 fully saturated rings. The van der Waals surface area contributed by atoms with E-state index in [0.717, 1.165) is 0 Å². The minimum Gasteiger partial charge on any atom is -0.412 e. The van der Waals surface area contributed by atoms with Crippen LogP contribution in [0, 0.1) is 5.41 Å². The maximum absolute atomic E-state index is 4.81. The monoisotopic (exact) mass is 121 g/mol. The topological polar surface area (TPSA) is 66.8 Å². The third-order valence-electron chi connectivity index (χ3n) is 0.516. The number of hydrogen-bond acceptors (Lipinski definition) is 2. The van der Waals surface area contributed by atoms with Crippen molar-refractivity contribution in [2.75, 3.05) is 6.61 Å². The lowest BCUT2D eigenvalue weighted by Gasteiger charge is -2.14. The van der Waals surface area contributed by atoms with Gasteiger partial charge >= 0.3 is 0 Å². The van der Waals surface area contributed by atoms with Gasteiger partial charge in [0, 0.05) is 0 Å². The van der Waals surface area contributed by atoms with Crippen LogP contribution >= 0.6 is 0 Å². The molecular formula is C5H15NO2. The zero-order chi connectivity index (χ0) is 5.91. The van der Waals surface area contributed by atoms with Crippen LogP contribution in [0.5, 0.6) is 0 Å². The second-order valence-corrected chi connectivity index (χ2v) is 2.87. The molecule has 0 amide bonds. The van der Waals surface area contributed by atoms with E-state index in [1.165, 1.54) is 0 Å². The fourth-order valence-electron chi connectivity index (χ4n) is 0.250. The zero-order valence-corrected chi connectivity index (χ0v) is 5.69. The predicted molar refractivity (Wildman–Crippen MR) is 33.2 cm³/mol. The van der Waals surface area contributed by atoms with Crippen LogP contribution in [-0.4, -0.2) is 12.1 Å². The Morgan fingerprint density at radius 1 is 1.38 bits per heavy atom. The molecule has 0 unspecified atom stereocenters. The summed E-state index contributed by atoms with van der Waals surface area (Å²) in [7, 11) is 0. The fraction of sp³-hybridized carbons (Fsp3) is 1.00. The molecule has 0 saturated carbocycles. The second-order valence-electron chi connectivity index (χ2n) is 2.87. The van der Waals surface area contributed by atoms with Gasteiger partial charge in [-0.05, 0) is 5.41 Å². The first-order chi connectivity index (χ1) is 3.06. The molecule has 0 rings (SSSR count). The number of rotatable bonds is 1. The molecule has 52 valence electrons. The van der Waals surface area contributed by atoms with Crippen molar-refractivity contribution in [2.45, 2.75) is 20.8 Å². The summed E-state index contributed by atoms with van der Waals surface area (Å²) < 4.78 is 0. The molecule has 0 aliphatic heterocycles. The summed E-state index contributed by atoms with van der Waals surface area (Å²) in [6.45, 7) is 6.83. The molecule has 4 N–H and O–H groups in total. The highest BCUT2D eigenvalue weighted by molar-refractivity contribution is 4.57. The maximum atomic E-state index is 4.81. The van der Waals surface area contributed by atoms with Crippen molar-refractivity contribution in [3.63, 3.8) is 0 Å². The van der Waals surface area contributed by atoms with Gasteiger partial charge in [0.25, 0.3) is 0 Å². The predicted octanol–water partition coefficient (Wildman–Crippen LogP) is 0.0981. The molecule has 0 atom stereocenters. The van der Waals surface area contributed by atoms with Crippen LogP contribution in [0.2, 0.25) is 0 Å². The van der Waals surface area contributed by atoms with Crippen LogP contribution in [0.25, 0.3) is 0 Å². The summed E-state index contributed by atoms with van der Waals surface area (Å²) in [6.07, 6.45) is 0. The van der Waals surface area contributed by atoms with E-state index >= 15 is 0 Å². The lowest BCUT2D eigenvalue weighted by atomic mass is 9.99. The molecule has 0 saturated heterocycles. The van der Waals surface area contributed by atoms with Crippen molar-refractivity contribution in [2.24, 2.45) is 11.3 Å². The average Bonchev–Trinajstić information content (AvgIpc) is 1.30. The molecule has 0 aliphatic rings. The van der Waals surface area contributed by atoms with Crippen molar-refractivity contribution in [1.29, 1.82) is 0 Å². The SMILES string of the molecule is CC(C)(C)CON.O. The molecule has 0 heterocycles. The van der Waals surface area contributed by atoms with E-state index in [1.807, 2.05) is 0 Å². The molecule has 0 aliphatic carbocycles. The second kappa shape index (κ2) is 3.83. The van der Waals surface area contributed by atoms with Gasteiger partial charge in [-0.1, -0.05) is 20.8 Å². The largest absolute Gasteiger partial charge is 0.412 e. The molecular weight excluding hydrogens is 106 g/mol. The summed E-state index contributed by atoms with van der Waals surface area (Å²) >= 11 is 0. The Kier molecular flexibility index (Phi) is 5.17. The molecule has 8 heavy (non-hydrogen) atoms. The van der Waals surface area contributed by atoms with Crippen LogP contribution < -0.4 is 5.90 Å². The zero-order valence-electron chi connectivity index (χ0n) is 5.69. The van der Waals surface area contributed by atoms with Gasteiger partial charge in [0.05, 0.1) is 6.61 Å². The van der Waals surface area contributed by atoms with Gasteiger partial charge in [-0.15, -0.1) is 0 Å². The fourth-order valence-corrected chi connectivity index (χ4v) is 0.250.